The SMILES string of the molecule is CC(C)(C)OC(=O)N(C(=O)OC(C)(C)C)c1ncc(-c2ccc(C3(O)COCC3O[Si](C)(C)C(C)(C)C)nc2)cc1OCCc1cc(Cl)ccc1C(F)(F)F. The Morgan fingerprint density at radius 2 is 1.53 bits per heavy atom. The highest BCUT2D eigenvalue weighted by Crippen LogP contribution is 2.42. The number of amides is 2. The molecule has 1 aliphatic heterocycles. The number of alkyl halides is 3. The number of nitrogens with zero attached hydrogens (tertiary/aromatic N) is 3. The fraction of sp³-hybridized carbons (Fsp3) is 0.538. The van der Waals surface area contributed by atoms with Gasteiger partial charge in [-0.2, -0.15) is 18.1 Å². The number of rotatable bonds is 9. The smallest absolute Gasteiger partial charge is 0.425 e. The molecule has 4 rings (SSSR count). The predicted octanol–water partition coefficient (Wildman–Crippen LogP) is 9.72. The molecule has 16 heteroatoms. The molecule has 1 N–H and O–H groups in total. The molecule has 1 saturated heterocycles. The highest BCUT2D eigenvalue weighted by atomic mass is 35.5. The lowest BCUT2D eigenvalue weighted by Gasteiger charge is -2.41. The van der Waals surface area contributed by atoms with Gasteiger partial charge >= 0.3 is 18.4 Å². The Hall–Kier alpha value is -3.76. The second-order valence-corrected chi connectivity index (χ2v) is 22.2. The molecule has 0 saturated carbocycles. The van der Waals surface area contributed by atoms with E-state index in [9.17, 15) is 27.9 Å². The number of halogens is 4. The van der Waals surface area contributed by atoms with Gasteiger partial charge in [0.1, 0.15) is 17.3 Å². The van der Waals surface area contributed by atoms with Crippen LogP contribution >= 0.6 is 11.6 Å². The Balaban J connectivity index is 1.75. The van der Waals surface area contributed by atoms with Crippen LogP contribution in [0, 0.1) is 0 Å². The topological polar surface area (TPSA) is 130 Å². The minimum Gasteiger partial charge on any atom is -0.489 e. The number of pyridine rings is 2. The average molecular weight is 810 g/mol. The van der Waals surface area contributed by atoms with E-state index < -0.39 is 55.2 Å². The summed E-state index contributed by atoms with van der Waals surface area (Å²) in [5, 5.41) is 11.8. The zero-order chi connectivity index (χ0) is 41.4. The summed E-state index contributed by atoms with van der Waals surface area (Å²) in [5.74, 6) is -0.457. The van der Waals surface area contributed by atoms with Crippen LogP contribution in [0.1, 0.15) is 79.1 Å². The van der Waals surface area contributed by atoms with E-state index in [1.54, 1.807) is 53.7 Å². The van der Waals surface area contributed by atoms with E-state index >= 15 is 0 Å². The molecule has 1 aromatic carbocycles. The van der Waals surface area contributed by atoms with E-state index in [-0.39, 0.29) is 53.4 Å². The average Bonchev–Trinajstić information content (AvgIpc) is 3.39. The van der Waals surface area contributed by atoms with Crippen LogP contribution in [0.25, 0.3) is 11.1 Å². The molecule has 1 fully saturated rings. The summed E-state index contributed by atoms with van der Waals surface area (Å²) in [5.41, 5.74) is -3.32. The first-order chi connectivity index (χ1) is 25.1. The number of aromatic nitrogens is 2. The molecule has 2 aromatic heterocycles. The summed E-state index contributed by atoms with van der Waals surface area (Å²) in [4.78, 5) is 36.7. The minimum absolute atomic E-state index is 0.0132. The first-order valence-electron chi connectivity index (χ1n) is 17.8. The van der Waals surface area contributed by atoms with Crippen LogP contribution in [0.3, 0.4) is 0 Å². The number of benzene rings is 1. The van der Waals surface area contributed by atoms with Crippen LogP contribution < -0.4 is 9.64 Å². The molecule has 0 radical (unpaired) electrons. The lowest BCUT2D eigenvalue weighted by Crippen LogP contribution is -2.50. The fourth-order valence-corrected chi connectivity index (χ4v) is 6.85. The molecular weight excluding hydrogens is 759 g/mol. The summed E-state index contributed by atoms with van der Waals surface area (Å²) in [6, 6.07) is 8.06. The van der Waals surface area contributed by atoms with Gasteiger partial charge < -0.3 is 28.5 Å². The van der Waals surface area contributed by atoms with Crippen molar-refractivity contribution in [1.29, 1.82) is 0 Å². The number of anilines is 1. The molecule has 3 heterocycles. The summed E-state index contributed by atoms with van der Waals surface area (Å²) < 4.78 is 70.9. The second-order valence-electron chi connectivity index (χ2n) is 17.0. The van der Waals surface area contributed by atoms with Crippen molar-refractivity contribution in [2.24, 2.45) is 0 Å². The second kappa shape index (κ2) is 16.0. The quantitative estimate of drug-likeness (QED) is 0.209. The summed E-state index contributed by atoms with van der Waals surface area (Å²) in [7, 11) is -2.29. The number of imide groups is 1. The fourth-order valence-electron chi connectivity index (χ4n) is 5.32. The van der Waals surface area contributed by atoms with Crippen molar-refractivity contribution in [2.75, 3.05) is 24.7 Å². The third-order valence-corrected chi connectivity index (χ3v) is 13.8. The zero-order valence-corrected chi connectivity index (χ0v) is 34.9. The van der Waals surface area contributed by atoms with Gasteiger partial charge in [0.2, 0.25) is 0 Å². The molecule has 1 aliphatic rings. The van der Waals surface area contributed by atoms with Gasteiger partial charge in [-0.15, -0.1) is 0 Å². The van der Waals surface area contributed by atoms with Crippen LogP contribution in [-0.2, 0) is 36.8 Å². The zero-order valence-electron chi connectivity index (χ0n) is 33.2. The molecule has 302 valence electrons. The molecule has 3 aromatic rings. The highest BCUT2D eigenvalue weighted by Gasteiger charge is 2.50. The molecule has 0 aliphatic carbocycles. The van der Waals surface area contributed by atoms with E-state index in [0.29, 0.717) is 21.7 Å². The van der Waals surface area contributed by atoms with E-state index in [2.05, 4.69) is 43.8 Å². The summed E-state index contributed by atoms with van der Waals surface area (Å²) in [6.07, 6.45) is -4.89. The van der Waals surface area contributed by atoms with Crippen molar-refractivity contribution in [2.45, 2.75) is 116 Å². The third-order valence-electron chi connectivity index (χ3n) is 9.11. The summed E-state index contributed by atoms with van der Waals surface area (Å²) >= 11 is 6.05. The van der Waals surface area contributed by atoms with Gasteiger partial charge in [-0.1, -0.05) is 38.4 Å². The molecule has 0 bridgehead atoms. The largest absolute Gasteiger partial charge is 0.489 e. The van der Waals surface area contributed by atoms with E-state index in [0.717, 1.165) is 12.1 Å². The molecule has 0 spiro atoms. The summed E-state index contributed by atoms with van der Waals surface area (Å²) in [6.45, 7) is 20.0. The van der Waals surface area contributed by atoms with Crippen LogP contribution in [0.5, 0.6) is 5.75 Å². The van der Waals surface area contributed by atoms with Gasteiger partial charge in [-0.3, -0.25) is 4.98 Å². The van der Waals surface area contributed by atoms with Crippen molar-refractivity contribution >= 4 is 37.9 Å². The van der Waals surface area contributed by atoms with Crippen LogP contribution in [-0.4, -0.2) is 72.7 Å². The van der Waals surface area contributed by atoms with Gasteiger partial charge in [0.25, 0.3) is 0 Å². The lowest BCUT2D eigenvalue weighted by atomic mass is 9.95. The van der Waals surface area contributed by atoms with Crippen molar-refractivity contribution in [3.05, 3.63) is 70.6 Å². The van der Waals surface area contributed by atoms with Crippen molar-refractivity contribution in [3.63, 3.8) is 0 Å². The first kappa shape index (κ1) is 44.0. The molecule has 2 atom stereocenters. The number of ether oxygens (including phenoxy) is 4. The van der Waals surface area contributed by atoms with Gasteiger partial charge in [0, 0.05) is 35.0 Å². The maximum atomic E-state index is 13.8. The Kier molecular flexibility index (Phi) is 12.8. The maximum absolute atomic E-state index is 13.8. The first-order valence-corrected chi connectivity index (χ1v) is 21.1. The Morgan fingerprint density at radius 3 is 2.05 bits per heavy atom. The van der Waals surface area contributed by atoms with Crippen molar-refractivity contribution in [3.8, 4) is 16.9 Å². The van der Waals surface area contributed by atoms with E-state index in [1.165, 1.54) is 24.5 Å². The monoisotopic (exact) mass is 809 g/mol. The number of aliphatic hydroxyl groups is 1. The normalized spacial score (nSPS) is 18.2. The van der Waals surface area contributed by atoms with Crippen LogP contribution in [0.4, 0.5) is 28.6 Å². The van der Waals surface area contributed by atoms with Gasteiger partial charge in [-0.25, -0.2) is 14.6 Å². The van der Waals surface area contributed by atoms with Gasteiger partial charge in [-0.05, 0) is 95.6 Å². The molecular formula is C39H51ClF3N3O8Si. The standard InChI is InChI=1S/C39H51ClF3N3O8Si/c1-35(2,3)52-33(47)46(34(48)53-36(4,5)6)32-29(51-17-16-24-18-27(40)13-14-28(24)39(41,42)43)19-26(21-45-32)25-12-15-30(44-20-25)38(49)23-50-22-31(38)54-55(10,11)37(7,8)9/h12-15,18-21,31,49H,16-17,22-23H2,1-11H3. The van der Waals surface area contributed by atoms with Crippen LogP contribution in [0.15, 0.2) is 48.8 Å². The van der Waals surface area contributed by atoms with Crippen LogP contribution in [0.2, 0.25) is 23.2 Å². The van der Waals surface area contributed by atoms with E-state index in [4.69, 9.17) is 35.0 Å². The Morgan fingerprint density at radius 1 is 0.927 bits per heavy atom. The number of carbonyl (C=O) groups excluding carboxylic acids is 2. The van der Waals surface area contributed by atoms with Crippen molar-refractivity contribution in [1.82, 2.24) is 9.97 Å². The predicted molar refractivity (Wildman–Crippen MR) is 205 cm³/mol. The Bertz CT molecular complexity index is 1830. The van der Waals surface area contributed by atoms with E-state index in [1.807, 2.05) is 0 Å². The Labute approximate surface area is 326 Å². The highest BCUT2D eigenvalue weighted by molar-refractivity contribution is 6.74. The third kappa shape index (κ3) is 11.0. The lowest BCUT2D eigenvalue weighted by molar-refractivity contribution is -0.138. The maximum Gasteiger partial charge on any atom is 0.425 e. The number of carbonyl (C=O) groups is 2. The van der Waals surface area contributed by atoms with Crippen molar-refractivity contribution < 1.29 is 51.2 Å². The van der Waals surface area contributed by atoms with Gasteiger partial charge in [0.05, 0.1) is 31.1 Å². The number of hydrogen-bond acceptors (Lipinski definition) is 10. The number of hydrogen-bond donors (Lipinski definition) is 1. The minimum atomic E-state index is -4.65. The molecule has 2 amide bonds. The molecule has 11 nitrogen and oxygen atoms in total. The molecule has 2 unspecified atom stereocenters. The van der Waals surface area contributed by atoms with Gasteiger partial charge in [0.15, 0.2) is 25.5 Å². The molecule has 55 heavy (non-hydrogen) atoms.